The Balaban J connectivity index is 0.726. The number of ether oxygens (including phenoxy) is 1. The van der Waals surface area contributed by atoms with Crippen molar-refractivity contribution in [1.29, 1.82) is 0 Å². The number of anilines is 4. The van der Waals surface area contributed by atoms with Gasteiger partial charge in [0.2, 0.25) is 17.7 Å². The lowest BCUT2D eigenvalue weighted by Crippen LogP contribution is -2.64. The Labute approximate surface area is 565 Å². The molecule has 4 aliphatic heterocycles. The molecule has 0 radical (unpaired) electrons. The van der Waals surface area contributed by atoms with Crippen molar-refractivity contribution in [3.63, 3.8) is 0 Å². The molecule has 5 aromatic heterocycles. The molecule has 2 aromatic carbocycles. The maximum Gasteiger partial charge on any atom is 0.273 e. The number of aromatic nitrogens is 7. The van der Waals surface area contributed by atoms with Gasteiger partial charge in [-0.3, -0.25) is 23.9 Å². The van der Waals surface area contributed by atoms with Crippen molar-refractivity contribution in [2.75, 3.05) is 62.6 Å². The highest BCUT2D eigenvalue weighted by atomic mass is 32.1. The fourth-order valence-corrected chi connectivity index (χ4v) is 20.1. The van der Waals surface area contributed by atoms with E-state index in [1.807, 2.05) is 101 Å². The Morgan fingerprint density at radius 2 is 1.59 bits per heavy atom. The molecular weight excluding hydrogens is 1230 g/mol. The van der Waals surface area contributed by atoms with E-state index in [9.17, 15) is 19.5 Å². The Morgan fingerprint density at radius 1 is 0.821 bits per heavy atom. The van der Waals surface area contributed by atoms with Crippen LogP contribution in [0.15, 0.2) is 72.4 Å². The summed E-state index contributed by atoms with van der Waals surface area (Å²) in [5.41, 5.74) is 9.74. The lowest BCUT2D eigenvalue weighted by Gasteiger charge is -2.69. The summed E-state index contributed by atoms with van der Waals surface area (Å²) in [6.07, 6.45) is 12.9. The van der Waals surface area contributed by atoms with Gasteiger partial charge in [0.1, 0.15) is 23.6 Å². The van der Waals surface area contributed by atoms with Crippen molar-refractivity contribution >= 4 is 79.1 Å². The minimum absolute atomic E-state index is 0.00742. The second-order valence-electron chi connectivity index (χ2n) is 30.9. The molecule has 7 aromatic rings. The zero-order valence-corrected chi connectivity index (χ0v) is 58.2. The second-order valence-corrected chi connectivity index (χ2v) is 32.8. The largest absolute Gasteiger partial charge is 0.391 e. The molecule has 9 heterocycles. The SMILES string of the molecule is Cc1ncsc1-c1ccc([C@H](C)NC(=O)[C@@H]2C[C@@H](O)CN2C(=O)[C@@H](NC(=O)[C@H]2CCCN(C(=O)c3nc(N4CCCc5c4nnc(Nc4nc6ccccc6s4)c5C)ccc3-c3cnn(CC45CC6(OCCN7CCCC7)C[C@](C)(C4)C[C@](C)(C5)C6)c3C)C2)C(C)(C)C)cc1. The number of pyridine rings is 1. The normalized spacial score (nSPS) is 26.5. The zero-order valence-electron chi connectivity index (χ0n) is 56.6. The van der Waals surface area contributed by atoms with Crippen molar-refractivity contribution in [3.8, 4) is 21.6 Å². The average molecular weight is 1330 g/mol. The molecule has 9 atom stereocenters. The first-order chi connectivity index (χ1) is 45.4. The van der Waals surface area contributed by atoms with E-state index in [4.69, 9.17) is 30.0 Å². The number of thiazole rings is 2. The highest BCUT2D eigenvalue weighted by Gasteiger charge is 2.66. The van der Waals surface area contributed by atoms with Gasteiger partial charge in [0, 0.05) is 73.6 Å². The number of aliphatic hydroxyl groups excluding tert-OH is 1. The van der Waals surface area contributed by atoms with Crippen molar-refractivity contribution in [2.24, 2.45) is 27.6 Å². The molecule has 4 bridgehead atoms. The molecule has 20 nitrogen and oxygen atoms in total. The van der Waals surface area contributed by atoms with Gasteiger partial charge in [-0.15, -0.1) is 21.5 Å². The number of carbonyl (C=O) groups excluding carboxylic acids is 4. The number of carbonyl (C=O) groups is 4. The molecule has 95 heavy (non-hydrogen) atoms. The molecule has 22 heteroatoms. The number of para-hydroxylation sites is 1. The first-order valence-electron chi connectivity index (χ1n) is 34.5. The molecule has 4 saturated carbocycles. The van der Waals surface area contributed by atoms with Gasteiger partial charge in [-0.05, 0) is 175 Å². The van der Waals surface area contributed by atoms with Gasteiger partial charge < -0.3 is 45.4 Å². The number of nitrogens with zero attached hydrogens (tertiary/aromatic N) is 11. The van der Waals surface area contributed by atoms with Crippen LogP contribution in [0, 0.1) is 48.3 Å². The number of aryl methyl sites for hydroxylation is 1. The Morgan fingerprint density at radius 3 is 2.33 bits per heavy atom. The molecule has 3 saturated heterocycles. The van der Waals surface area contributed by atoms with E-state index >= 15 is 4.79 Å². The van der Waals surface area contributed by atoms with Crippen LogP contribution in [-0.4, -0.2) is 155 Å². The molecule has 502 valence electrons. The van der Waals surface area contributed by atoms with E-state index in [2.05, 4.69) is 69.2 Å². The summed E-state index contributed by atoms with van der Waals surface area (Å²) in [5, 5.41) is 36.3. The first-order valence-corrected chi connectivity index (χ1v) is 36.2. The second kappa shape index (κ2) is 25.3. The molecule has 4 amide bonds. The van der Waals surface area contributed by atoms with Crippen LogP contribution >= 0.6 is 22.7 Å². The molecule has 4 aliphatic carbocycles. The van der Waals surface area contributed by atoms with Crippen molar-refractivity contribution in [2.45, 2.75) is 182 Å². The lowest BCUT2D eigenvalue weighted by atomic mass is 9.39. The van der Waals surface area contributed by atoms with Crippen LogP contribution in [-0.2, 0) is 32.1 Å². The van der Waals surface area contributed by atoms with Gasteiger partial charge in [0.25, 0.3) is 5.91 Å². The smallest absolute Gasteiger partial charge is 0.273 e. The van der Waals surface area contributed by atoms with Gasteiger partial charge in [0.05, 0.1) is 62.8 Å². The minimum atomic E-state index is -1.05. The van der Waals surface area contributed by atoms with Crippen molar-refractivity contribution in [1.82, 2.24) is 60.3 Å². The highest BCUT2D eigenvalue weighted by molar-refractivity contribution is 7.22. The summed E-state index contributed by atoms with van der Waals surface area (Å²) in [7, 11) is 0. The van der Waals surface area contributed by atoms with Crippen LogP contribution in [0.1, 0.15) is 163 Å². The summed E-state index contributed by atoms with van der Waals surface area (Å²) in [6, 6.07) is 17.7. The Bertz CT molecular complexity index is 4020. The molecular formula is C73H92N14O6S2. The van der Waals surface area contributed by atoms with E-state index < -0.39 is 35.4 Å². The molecule has 4 N–H and O–H groups in total. The third kappa shape index (κ3) is 12.9. The van der Waals surface area contributed by atoms with Gasteiger partial charge in [0.15, 0.2) is 16.8 Å². The van der Waals surface area contributed by atoms with Crippen LogP contribution in [0.25, 0.3) is 31.8 Å². The molecule has 8 aliphatic rings. The van der Waals surface area contributed by atoms with Crippen LogP contribution in [0.5, 0.6) is 0 Å². The number of hydrogen-bond acceptors (Lipinski definition) is 17. The summed E-state index contributed by atoms with van der Waals surface area (Å²) in [5.74, 6) is -0.256. The molecule has 15 rings (SSSR count). The maximum absolute atomic E-state index is 15.8. The van der Waals surface area contributed by atoms with E-state index in [-0.39, 0.29) is 70.8 Å². The van der Waals surface area contributed by atoms with Crippen LogP contribution < -0.4 is 20.9 Å². The summed E-state index contributed by atoms with van der Waals surface area (Å²) >= 11 is 3.15. The number of benzene rings is 2. The number of fused-ring (bicyclic) bond motifs is 2. The number of rotatable bonds is 18. The lowest BCUT2D eigenvalue weighted by molar-refractivity contribution is -0.248. The first kappa shape index (κ1) is 65.1. The summed E-state index contributed by atoms with van der Waals surface area (Å²) in [6.45, 7) is 24.6. The predicted octanol–water partition coefficient (Wildman–Crippen LogP) is 11.7. The predicted molar refractivity (Wildman–Crippen MR) is 371 cm³/mol. The molecule has 7 fully saturated rings. The monoisotopic (exact) mass is 1320 g/mol. The van der Waals surface area contributed by atoms with E-state index in [1.165, 1.54) is 24.2 Å². The van der Waals surface area contributed by atoms with Crippen molar-refractivity contribution in [3.05, 3.63) is 106 Å². The van der Waals surface area contributed by atoms with E-state index in [0.29, 0.717) is 48.9 Å². The van der Waals surface area contributed by atoms with E-state index in [0.717, 1.165) is 137 Å². The number of aliphatic hydroxyl groups is 1. The number of β-amino-alcohol motifs (C(OH)–C–C–N with tert-alkyl or cyclic N) is 1. The van der Waals surface area contributed by atoms with Gasteiger partial charge in [-0.2, -0.15) is 5.10 Å². The zero-order chi connectivity index (χ0) is 66.3. The van der Waals surface area contributed by atoms with Gasteiger partial charge in [-0.25, -0.2) is 15.0 Å². The summed E-state index contributed by atoms with van der Waals surface area (Å²) in [4.78, 5) is 83.3. The van der Waals surface area contributed by atoms with Crippen LogP contribution in [0.3, 0.4) is 0 Å². The molecule has 0 spiro atoms. The number of nitrogens with one attached hydrogen (secondary N) is 3. The van der Waals surface area contributed by atoms with Gasteiger partial charge >= 0.3 is 0 Å². The number of likely N-dealkylation sites (tertiary alicyclic amines) is 3. The Kier molecular flexibility index (Phi) is 17.3. The van der Waals surface area contributed by atoms with Crippen LogP contribution in [0.4, 0.5) is 22.6 Å². The third-order valence-electron chi connectivity index (χ3n) is 21.9. The van der Waals surface area contributed by atoms with Crippen LogP contribution in [0.2, 0.25) is 0 Å². The quantitative estimate of drug-likeness (QED) is 0.0626. The third-order valence-corrected chi connectivity index (χ3v) is 23.9. The topological polar surface area (TPSA) is 229 Å². The van der Waals surface area contributed by atoms with Gasteiger partial charge in [-0.1, -0.05) is 82.4 Å². The fourth-order valence-electron chi connectivity index (χ4n) is 18.5. The molecule has 2 unspecified atom stereocenters. The number of piperidine rings is 1. The maximum atomic E-state index is 15.8. The van der Waals surface area contributed by atoms with E-state index in [1.54, 1.807) is 27.6 Å². The minimum Gasteiger partial charge on any atom is -0.391 e. The average Bonchev–Trinajstić information content (AvgIpc) is 1.21. The summed E-state index contributed by atoms with van der Waals surface area (Å²) < 4.78 is 10.4. The Hall–Kier alpha value is -7.24. The number of hydrogen-bond donors (Lipinski definition) is 4. The number of amides is 4. The standard InChI is InChI=1S/C73H92N14O6S2/c1-44-52-17-15-29-85(63(52)82-81-62(44)80-68-77-55-18-10-11-19-57(55)95-68)58-25-24-53(54-33-75-87(47(54)4)42-72-37-70(8)36-71(9,38-72)40-73(39-70,41-72)93-31-30-83-26-12-13-27-83)59(78-58)66(91)84-28-14-16-50(34-84)64(89)79-61(69(5,6)7)67(92)86-35-51(88)32-56(86)65(90)76-45(2)48-20-22-49(23-21-48)60-46(3)74-43-94-60/h10-11,18-25,33,43,45,50-51,56,61,88H,12-17,26-32,34-42H2,1-9H3,(H,76,90)(H,79,89)(H,77,80,81)/t45-,50-,51+,56-,61+,70-,71+,72?,73?/m0/s1. The fraction of sp³-hybridized carbons (Fsp3) is 0.562. The van der Waals surface area contributed by atoms with Crippen molar-refractivity contribution < 1.29 is 29.0 Å². The highest BCUT2D eigenvalue weighted by Crippen LogP contribution is 2.72.